The Labute approximate surface area is 217 Å². The zero-order chi connectivity index (χ0) is 25.0. The summed E-state index contributed by atoms with van der Waals surface area (Å²) in [6, 6.07) is 22.5. The standard InChI is InChI=1S/C30H30N6O/c37-30(26-8-5-12-31-21-26)36(27-18-24-6-1-2-7-25(24)19-27)22-23-10-11-29(33-20-23)35-16-14-34(15-17-35)28-9-3-4-13-32-28/h1-13,20-21,27H,14-19,22H2. The molecule has 0 bridgehead atoms. The molecule has 3 aromatic heterocycles. The second-order valence-electron chi connectivity index (χ2n) is 9.69. The molecule has 7 nitrogen and oxygen atoms in total. The maximum Gasteiger partial charge on any atom is 0.255 e. The SMILES string of the molecule is O=C(c1cccnc1)N(Cc1ccc(N2CCN(c3ccccn3)CC2)nc1)C1Cc2ccccc2C1. The molecule has 1 amide bonds. The average Bonchev–Trinajstić information content (AvgIpc) is 3.41. The lowest BCUT2D eigenvalue weighted by Crippen LogP contribution is -2.47. The van der Waals surface area contributed by atoms with E-state index in [0.717, 1.165) is 56.2 Å². The Morgan fingerprint density at radius 2 is 1.46 bits per heavy atom. The van der Waals surface area contributed by atoms with Crippen molar-refractivity contribution >= 4 is 17.5 Å². The minimum Gasteiger partial charge on any atom is -0.353 e. The smallest absolute Gasteiger partial charge is 0.255 e. The second kappa shape index (κ2) is 10.4. The van der Waals surface area contributed by atoms with Gasteiger partial charge in [-0.3, -0.25) is 9.78 Å². The van der Waals surface area contributed by atoms with Crippen molar-refractivity contribution in [3.63, 3.8) is 0 Å². The molecule has 2 aliphatic rings. The summed E-state index contributed by atoms with van der Waals surface area (Å²) in [4.78, 5) is 33.7. The molecule has 0 N–H and O–H groups in total. The monoisotopic (exact) mass is 490 g/mol. The molecule has 1 saturated heterocycles. The van der Waals surface area contributed by atoms with E-state index in [4.69, 9.17) is 4.98 Å². The van der Waals surface area contributed by atoms with Crippen molar-refractivity contribution in [2.45, 2.75) is 25.4 Å². The molecule has 0 atom stereocenters. The molecule has 0 unspecified atom stereocenters. The van der Waals surface area contributed by atoms with Crippen LogP contribution < -0.4 is 9.80 Å². The van der Waals surface area contributed by atoms with Crippen LogP contribution in [0.25, 0.3) is 0 Å². The summed E-state index contributed by atoms with van der Waals surface area (Å²) >= 11 is 0. The molecule has 7 heteroatoms. The van der Waals surface area contributed by atoms with Crippen LogP contribution in [0.4, 0.5) is 11.6 Å². The van der Waals surface area contributed by atoms with Gasteiger partial charge in [-0.1, -0.05) is 36.4 Å². The maximum atomic E-state index is 13.6. The summed E-state index contributed by atoms with van der Waals surface area (Å²) in [5.41, 5.74) is 4.31. The van der Waals surface area contributed by atoms with E-state index in [1.165, 1.54) is 11.1 Å². The number of fused-ring (bicyclic) bond motifs is 1. The zero-order valence-electron chi connectivity index (χ0n) is 20.8. The first-order chi connectivity index (χ1) is 18.2. The first-order valence-corrected chi connectivity index (χ1v) is 12.9. The number of carbonyl (C=O) groups is 1. The number of hydrogen-bond donors (Lipinski definition) is 0. The van der Waals surface area contributed by atoms with Gasteiger partial charge < -0.3 is 14.7 Å². The third-order valence-electron chi connectivity index (χ3n) is 7.38. The quantitative estimate of drug-likeness (QED) is 0.407. The molecule has 1 aromatic carbocycles. The number of hydrogen-bond acceptors (Lipinski definition) is 6. The highest BCUT2D eigenvalue weighted by atomic mass is 16.2. The van der Waals surface area contributed by atoms with Crippen LogP contribution in [0.5, 0.6) is 0 Å². The van der Waals surface area contributed by atoms with E-state index in [1.807, 2.05) is 41.6 Å². The number of nitrogens with zero attached hydrogens (tertiary/aromatic N) is 6. The number of aromatic nitrogens is 3. The Morgan fingerprint density at radius 3 is 2.05 bits per heavy atom. The minimum absolute atomic E-state index is 0.0145. The van der Waals surface area contributed by atoms with E-state index >= 15 is 0 Å². The zero-order valence-corrected chi connectivity index (χ0v) is 20.8. The Hall–Kier alpha value is -4.26. The predicted molar refractivity (Wildman–Crippen MR) is 145 cm³/mol. The van der Waals surface area contributed by atoms with Crippen molar-refractivity contribution in [2.24, 2.45) is 0 Å². The minimum atomic E-state index is 0.0145. The highest BCUT2D eigenvalue weighted by molar-refractivity contribution is 5.94. The Morgan fingerprint density at radius 1 is 0.757 bits per heavy atom. The summed E-state index contributed by atoms with van der Waals surface area (Å²) in [5, 5.41) is 0. The summed E-state index contributed by atoms with van der Waals surface area (Å²) in [6.45, 7) is 4.14. The summed E-state index contributed by atoms with van der Waals surface area (Å²) in [7, 11) is 0. The molecule has 1 aliphatic heterocycles. The lowest BCUT2D eigenvalue weighted by molar-refractivity contribution is 0.0667. The highest BCUT2D eigenvalue weighted by Crippen LogP contribution is 2.28. The van der Waals surface area contributed by atoms with Gasteiger partial charge in [-0.15, -0.1) is 0 Å². The molecule has 4 heterocycles. The van der Waals surface area contributed by atoms with Gasteiger partial charge in [0.1, 0.15) is 11.6 Å². The molecule has 6 rings (SSSR count). The fourth-order valence-electron chi connectivity index (χ4n) is 5.38. The molecule has 4 aromatic rings. The van der Waals surface area contributed by atoms with Crippen molar-refractivity contribution in [1.82, 2.24) is 19.9 Å². The van der Waals surface area contributed by atoms with E-state index in [9.17, 15) is 4.79 Å². The van der Waals surface area contributed by atoms with Gasteiger partial charge in [-0.25, -0.2) is 9.97 Å². The van der Waals surface area contributed by atoms with E-state index in [0.29, 0.717) is 12.1 Å². The van der Waals surface area contributed by atoms with Crippen LogP contribution >= 0.6 is 0 Å². The summed E-state index contributed by atoms with van der Waals surface area (Å²) in [5.74, 6) is 2.02. The largest absolute Gasteiger partial charge is 0.353 e. The Balaban J connectivity index is 1.16. The topological polar surface area (TPSA) is 65.5 Å². The maximum absolute atomic E-state index is 13.6. The number of rotatable bonds is 6. The fourth-order valence-corrected chi connectivity index (χ4v) is 5.38. The first kappa shape index (κ1) is 23.2. The summed E-state index contributed by atoms with van der Waals surface area (Å²) in [6.07, 6.45) is 8.86. The number of anilines is 2. The number of pyridine rings is 3. The van der Waals surface area contributed by atoms with Crippen molar-refractivity contribution in [3.05, 3.63) is 114 Å². The van der Waals surface area contributed by atoms with E-state index < -0.39 is 0 Å². The molecule has 1 fully saturated rings. The van der Waals surface area contributed by atoms with Crippen LogP contribution in [0.3, 0.4) is 0 Å². The molecule has 1 aliphatic carbocycles. The van der Waals surface area contributed by atoms with Gasteiger partial charge in [-0.05, 0) is 59.9 Å². The molecular weight excluding hydrogens is 460 g/mol. The number of carbonyl (C=O) groups excluding carboxylic acids is 1. The van der Waals surface area contributed by atoms with Crippen molar-refractivity contribution in [1.29, 1.82) is 0 Å². The Kier molecular flexibility index (Phi) is 6.50. The van der Waals surface area contributed by atoms with Crippen LogP contribution in [0.1, 0.15) is 27.0 Å². The number of benzene rings is 1. The molecule has 0 saturated carbocycles. The van der Waals surface area contributed by atoms with Crippen molar-refractivity contribution in [3.8, 4) is 0 Å². The number of piperazine rings is 1. The molecule has 0 spiro atoms. The van der Waals surface area contributed by atoms with Crippen LogP contribution in [0.15, 0.2) is 91.5 Å². The Bertz CT molecular complexity index is 1310. The van der Waals surface area contributed by atoms with Crippen molar-refractivity contribution in [2.75, 3.05) is 36.0 Å². The first-order valence-electron chi connectivity index (χ1n) is 12.9. The van der Waals surface area contributed by atoms with E-state index in [-0.39, 0.29) is 11.9 Å². The van der Waals surface area contributed by atoms with Crippen LogP contribution in [-0.2, 0) is 19.4 Å². The van der Waals surface area contributed by atoms with Crippen LogP contribution in [0.2, 0.25) is 0 Å². The lowest BCUT2D eigenvalue weighted by Gasteiger charge is -2.36. The van der Waals surface area contributed by atoms with Gasteiger partial charge in [0.2, 0.25) is 0 Å². The predicted octanol–water partition coefficient (Wildman–Crippen LogP) is 4.01. The van der Waals surface area contributed by atoms with Gasteiger partial charge in [-0.2, -0.15) is 0 Å². The average molecular weight is 491 g/mol. The lowest BCUT2D eigenvalue weighted by atomic mass is 10.1. The van der Waals surface area contributed by atoms with Crippen molar-refractivity contribution < 1.29 is 4.79 Å². The second-order valence-corrected chi connectivity index (χ2v) is 9.69. The van der Waals surface area contributed by atoms with Gasteiger partial charge in [0.15, 0.2) is 0 Å². The van der Waals surface area contributed by atoms with Crippen LogP contribution in [0, 0.1) is 0 Å². The van der Waals surface area contributed by atoms with Gasteiger partial charge in [0.25, 0.3) is 5.91 Å². The normalized spacial score (nSPS) is 15.5. The molecule has 37 heavy (non-hydrogen) atoms. The van der Waals surface area contributed by atoms with E-state index in [1.54, 1.807) is 12.4 Å². The van der Waals surface area contributed by atoms with Crippen LogP contribution in [-0.4, -0.2) is 58.0 Å². The fraction of sp³-hybridized carbons (Fsp3) is 0.267. The van der Waals surface area contributed by atoms with Gasteiger partial charge in [0.05, 0.1) is 5.56 Å². The van der Waals surface area contributed by atoms with E-state index in [2.05, 4.69) is 62.2 Å². The molecular formula is C30H30N6O. The summed E-state index contributed by atoms with van der Waals surface area (Å²) < 4.78 is 0. The third kappa shape index (κ3) is 5.03. The van der Waals surface area contributed by atoms with Gasteiger partial charge in [0, 0.05) is 63.6 Å². The third-order valence-corrected chi connectivity index (χ3v) is 7.38. The van der Waals surface area contributed by atoms with Gasteiger partial charge >= 0.3 is 0 Å². The number of amides is 1. The highest BCUT2D eigenvalue weighted by Gasteiger charge is 2.31. The molecule has 0 radical (unpaired) electrons. The molecule has 186 valence electrons.